The second-order valence-corrected chi connectivity index (χ2v) is 4.09. The van der Waals surface area contributed by atoms with Gasteiger partial charge in [0.15, 0.2) is 0 Å². The summed E-state index contributed by atoms with van der Waals surface area (Å²) < 4.78 is 0. The van der Waals surface area contributed by atoms with E-state index in [9.17, 15) is 5.11 Å². The van der Waals surface area contributed by atoms with E-state index in [4.69, 9.17) is 5.26 Å². The van der Waals surface area contributed by atoms with Crippen LogP contribution >= 0.6 is 0 Å². The van der Waals surface area contributed by atoms with Crippen molar-refractivity contribution in [2.24, 2.45) is 0 Å². The van der Waals surface area contributed by atoms with Gasteiger partial charge < -0.3 is 5.11 Å². The van der Waals surface area contributed by atoms with Crippen LogP contribution in [0, 0.1) is 11.3 Å². The molecule has 0 atom stereocenters. The van der Waals surface area contributed by atoms with Gasteiger partial charge in [0.05, 0.1) is 18.1 Å². The van der Waals surface area contributed by atoms with Gasteiger partial charge in [-0.3, -0.25) is 0 Å². The van der Waals surface area contributed by atoms with Crippen LogP contribution < -0.4 is 0 Å². The number of benzene rings is 1. The molecule has 2 nitrogen and oxygen atoms in total. The fraction of sp³-hybridized carbons (Fsp3) is 0.417. The lowest BCUT2D eigenvalue weighted by Crippen LogP contribution is -2.22. The van der Waals surface area contributed by atoms with Gasteiger partial charge in [0, 0.05) is 6.42 Å². The summed E-state index contributed by atoms with van der Waals surface area (Å²) >= 11 is 0. The second kappa shape index (κ2) is 4.26. The van der Waals surface area contributed by atoms with Gasteiger partial charge in [0.2, 0.25) is 0 Å². The van der Waals surface area contributed by atoms with Gasteiger partial charge >= 0.3 is 0 Å². The zero-order valence-corrected chi connectivity index (χ0v) is 8.62. The van der Waals surface area contributed by atoms with Crippen LogP contribution in [0.5, 0.6) is 0 Å². The standard InChI is InChI=1S/C12H15NO/c1-12(2,14)9-11-6-4-3-5-10(11)7-8-13/h3-6,14H,7,9H2,1-2H3. The number of nitrogens with zero attached hydrogens (tertiary/aromatic N) is 1. The zero-order valence-electron chi connectivity index (χ0n) is 8.62. The van der Waals surface area contributed by atoms with E-state index >= 15 is 0 Å². The Hall–Kier alpha value is -1.33. The predicted molar refractivity (Wildman–Crippen MR) is 55.8 cm³/mol. The molecule has 2 heteroatoms. The van der Waals surface area contributed by atoms with E-state index < -0.39 is 5.60 Å². The van der Waals surface area contributed by atoms with Crippen LogP contribution in [0.1, 0.15) is 25.0 Å². The van der Waals surface area contributed by atoms with E-state index in [0.29, 0.717) is 12.8 Å². The van der Waals surface area contributed by atoms with Gasteiger partial charge in [-0.1, -0.05) is 24.3 Å². The van der Waals surface area contributed by atoms with Crippen molar-refractivity contribution in [3.05, 3.63) is 35.4 Å². The number of hydrogen-bond donors (Lipinski definition) is 1. The van der Waals surface area contributed by atoms with E-state index in [0.717, 1.165) is 11.1 Å². The Morgan fingerprint density at radius 2 is 1.86 bits per heavy atom. The van der Waals surface area contributed by atoms with Gasteiger partial charge in [-0.05, 0) is 25.0 Å². The van der Waals surface area contributed by atoms with Crippen molar-refractivity contribution >= 4 is 0 Å². The van der Waals surface area contributed by atoms with Crippen LogP contribution in [0.15, 0.2) is 24.3 Å². The number of nitriles is 1. The normalized spacial score (nSPS) is 11.0. The molecule has 0 heterocycles. The molecule has 0 fully saturated rings. The molecule has 0 aliphatic heterocycles. The summed E-state index contributed by atoms with van der Waals surface area (Å²) in [6.07, 6.45) is 0.997. The highest BCUT2D eigenvalue weighted by Crippen LogP contribution is 2.16. The molecule has 0 bridgehead atoms. The first-order valence-electron chi connectivity index (χ1n) is 4.69. The Morgan fingerprint density at radius 1 is 1.29 bits per heavy atom. The minimum absolute atomic E-state index is 0.409. The van der Waals surface area contributed by atoms with Crippen LogP contribution in [-0.2, 0) is 12.8 Å². The van der Waals surface area contributed by atoms with Crippen molar-refractivity contribution in [1.29, 1.82) is 5.26 Å². The first-order chi connectivity index (χ1) is 6.53. The Bertz CT molecular complexity index is 344. The highest BCUT2D eigenvalue weighted by Gasteiger charge is 2.15. The molecule has 0 aliphatic rings. The second-order valence-electron chi connectivity index (χ2n) is 4.09. The molecular weight excluding hydrogens is 174 g/mol. The number of aliphatic hydroxyl groups is 1. The quantitative estimate of drug-likeness (QED) is 0.791. The largest absolute Gasteiger partial charge is 0.390 e. The monoisotopic (exact) mass is 189 g/mol. The summed E-state index contributed by atoms with van der Waals surface area (Å²) in [5.41, 5.74) is 1.35. The molecule has 0 aliphatic carbocycles. The Kier molecular flexibility index (Phi) is 3.27. The molecule has 0 saturated carbocycles. The average Bonchev–Trinajstić information content (AvgIpc) is 2.06. The van der Waals surface area contributed by atoms with Crippen molar-refractivity contribution in [2.45, 2.75) is 32.3 Å². The summed E-state index contributed by atoms with van der Waals surface area (Å²) in [7, 11) is 0. The van der Waals surface area contributed by atoms with Crippen LogP contribution in [0.3, 0.4) is 0 Å². The Balaban J connectivity index is 2.91. The van der Waals surface area contributed by atoms with Crippen molar-refractivity contribution in [2.75, 3.05) is 0 Å². The third-order valence-electron chi connectivity index (χ3n) is 2.01. The lowest BCUT2D eigenvalue weighted by atomic mass is 9.94. The minimum Gasteiger partial charge on any atom is -0.390 e. The van der Waals surface area contributed by atoms with Gasteiger partial charge in [0.25, 0.3) is 0 Å². The average molecular weight is 189 g/mol. The van der Waals surface area contributed by atoms with Crippen LogP contribution in [0.2, 0.25) is 0 Å². The van der Waals surface area contributed by atoms with Gasteiger partial charge in [-0.2, -0.15) is 5.26 Å². The van der Waals surface area contributed by atoms with Gasteiger partial charge in [-0.25, -0.2) is 0 Å². The Morgan fingerprint density at radius 3 is 2.36 bits per heavy atom. The SMILES string of the molecule is CC(C)(O)Cc1ccccc1CC#N. The first kappa shape index (κ1) is 10.7. The van der Waals surface area contributed by atoms with Crippen LogP contribution in [-0.4, -0.2) is 10.7 Å². The third-order valence-corrected chi connectivity index (χ3v) is 2.01. The highest BCUT2D eigenvalue weighted by molar-refractivity contribution is 5.30. The molecule has 1 aromatic rings. The number of rotatable bonds is 3. The number of hydrogen-bond acceptors (Lipinski definition) is 2. The maximum atomic E-state index is 9.68. The van der Waals surface area contributed by atoms with Crippen molar-refractivity contribution in [3.63, 3.8) is 0 Å². The maximum absolute atomic E-state index is 9.68. The smallest absolute Gasteiger partial charge is 0.0669 e. The zero-order chi connectivity index (χ0) is 10.6. The molecule has 0 spiro atoms. The molecule has 74 valence electrons. The summed E-state index contributed by atoms with van der Waals surface area (Å²) in [4.78, 5) is 0. The first-order valence-corrected chi connectivity index (χ1v) is 4.69. The molecule has 0 unspecified atom stereocenters. The highest BCUT2D eigenvalue weighted by atomic mass is 16.3. The van der Waals surface area contributed by atoms with Crippen molar-refractivity contribution < 1.29 is 5.11 Å². The van der Waals surface area contributed by atoms with E-state index in [2.05, 4.69) is 6.07 Å². The van der Waals surface area contributed by atoms with E-state index in [1.165, 1.54) is 0 Å². The van der Waals surface area contributed by atoms with E-state index in [1.54, 1.807) is 13.8 Å². The van der Waals surface area contributed by atoms with Gasteiger partial charge in [-0.15, -0.1) is 0 Å². The van der Waals surface area contributed by atoms with E-state index in [-0.39, 0.29) is 0 Å². The molecule has 1 aromatic carbocycles. The molecule has 1 rings (SSSR count). The molecule has 14 heavy (non-hydrogen) atoms. The third kappa shape index (κ3) is 3.20. The summed E-state index contributed by atoms with van der Waals surface area (Å²) in [5, 5.41) is 18.3. The van der Waals surface area contributed by atoms with Crippen LogP contribution in [0.25, 0.3) is 0 Å². The molecule has 0 aromatic heterocycles. The topological polar surface area (TPSA) is 44.0 Å². The maximum Gasteiger partial charge on any atom is 0.0669 e. The fourth-order valence-corrected chi connectivity index (χ4v) is 1.45. The van der Waals surface area contributed by atoms with Gasteiger partial charge in [0.1, 0.15) is 0 Å². The molecular formula is C12H15NO. The van der Waals surface area contributed by atoms with Crippen LogP contribution in [0.4, 0.5) is 0 Å². The summed E-state index contributed by atoms with van der Waals surface area (Å²) in [6, 6.07) is 9.88. The minimum atomic E-state index is -0.717. The molecule has 0 saturated heterocycles. The molecule has 0 amide bonds. The summed E-state index contributed by atoms with van der Waals surface area (Å²) in [5.74, 6) is 0. The Labute approximate surface area is 84.8 Å². The predicted octanol–water partition coefficient (Wildman–Crippen LogP) is 2.07. The summed E-state index contributed by atoms with van der Waals surface area (Å²) in [6.45, 7) is 3.55. The lowest BCUT2D eigenvalue weighted by Gasteiger charge is -2.18. The fourth-order valence-electron chi connectivity index (χ4n) is 1.45. The van der Waals surface area contributed by atoms with E-state index in [1.807, 2.05) is 24.3 Å². The molecule has 0 radical (unpaired) electrons. The van der Waals surface area contributed by atoms with Crippen molar-refractivity contribution in [3.8, 4) is 6.07 Å². The van der Waals surface area contributed by atoms with Crippen molar-refractivity contribution in [1.82, 2.24) is 0 Å². The molecule has 1 N–H and O–H groups in total. The lowest BCUT2D eigenvalue weighted by molar-refractivity contribution is 0.0808.